The van der Waals surface area contributed by atoms with Crippen molar-refractivity contribution in [3.05, 3.63) is 47.8 Å². The summed E-state index contributed by atoms with van der Waals surface area (Å²) in [6.45, 7) is 3.78. The number of nitrogens with one attached hydrogen (secondary N) is 1. The first kappa shape index (κ1) is 14.7. The Balaban J connectivity index is 1.75. The van der Waals surface area contributed by atoms with E-state index in [9.17, 15) is 0 Å². The molecule has 108 valence electrons. The van der Waals surface area contributed by atoms with E-state index in [-0.39, 0.29) is 6.61 Å². The molecule has 1 atom stereocenters. The van der Waals surface area contributed by atoms with Gasteiger partial charge in [-0.15, -0.1) is 5.10 Å². The molecule has 1 unspecified atom stereocenters. The highest BCUT2D eigenvalue weighted by molar-refractivity contribution is 5.15. The van der Waals surface area contributed by atoms with Crippen molar-refractivity contribution >= 4 is 0 Å². The van der Waals surface area contributed by atoms with Crippen LogP contribution in [0.2, 0.25) is 0 Å². The first-order valence-electron chi connectivity index (χ1n) is 7.05. The van der Waals surface area contributed by atoms with Gasteiger partial charge in [-0.2, -0.15) is 0 Å². The second-order valence-electron chi connectivity index (χ2n) is 5.02. The largest absolute Gasteiger partial charge is 0.396 e. The van der Waals surface area contributed by atoms with Crippen molar-refractivity contribution in [1.82, 2.24) is 20.3 Å². The second kappa shape index (κ2) is 7.77. The lowest BCUT2D eigenvalue weighted by Crippen LogP contribution is -2.27. The molecule has 0 saturated carbocycles. The molecular weight excluding hydrogens is 252 g/mol. The molecule has 5 heteroatoms. The minimum Gasteiger partial charge on any atom is -0.396 e. The molecule has 1 heterocycles. The predicted octanol–water partition coefficient (Wildman–Crippen LogP) is 1.38. The molecule has 0 bridgehead atoms. The maximum Gasteiger partial charge on any atom is 0.0964 e. The average molecular weight is 274 g/mol. The number of aliphatic hydroxyl groups excluding tert-OH is 1. The van der Waals surface area contributed by atoms with Crippen molar-refractivity contribution < 1.29 is 5.11 Å². The van der Waals surface area contributed by atoms with Crippen LogP contribution in [0.5, 0.6) is 0 Å². The highest BCUT2D eigenvalue weighted by atomic mass is 16.3. The van der Waals surface area contributed by atoms with Gasteiger partial charge in [0.2, 0.25) is 0 Å². The maximum atomic E-state index is 8.78. The second-order valence-corrected chi connectivity index (χ2v) is 5.02. The van der Waals surface area contributed by atoms with Crippen LogP contribution >= 0.6 is 0 Å². The van der Waals surface area contributed by atoms with E-state index in [1.807, 2.05) is 12.3 Å². The first-order chi connectivity index (χ1) is 9.78. The van der Waals surface area contributed by atoms with Crippen molar-refractivity contribution in [2.24, 2.45) is 0 Å². The van der Waals surface area contributed by atoms with Crippen molar-refractivity contribution in [2.75, 3.05) is 6.61 Å². The van der Waals surface area contributed by atoms with E-state index in [0.717, 1.165) is 12.1 Å². The third kappa shape index (κ3) is 4.75. The maximum absolute atomic E-state index is 8.78. The van der Waals surface area contributed by atoms with Gasteiger partial charge in [0.25, 0.3) is 0 Å². The zero-order valence-corrected chi connectivity index (χ0v) is 11.9. The molecular formula is C15H22N4O. The van der Waals surface area contributed by atoms with Crippen molar-refractivity contribution in [1.29, 1.82) is 0 Å². The zero-order valence-electron chi connectivity index (χ0n) is 11.9. The molecule has 2 N–H and O–H groups in total. The molecule has 20 heavy (non-hydrogen) atoms. The number of benzene rings is 1. The van der Waals surface area contributed by atoms with Gasteiger partial charge in [0.15, 0.2) is 0 Å². The lowest BCUT2D eigenvalue weighted by Gasteiger charge is -2.12. The molecule has 2 rings (SSSR count). The molecule has 2 aromatic rings. The van der Waals surface area contributed by atoms with Crippen LogP contribution in [-0.4, -0.2) is 32.7 Å². The Morgan fingerprint density at radius 3 is 2.85 bits per heavy atom. The van der Waals surface area contributed by atoms with Crippen LogP contribution in [-0.2, 0) is 19.5 Å². The molecule has 0 amide bonds. The summed E-state index contributed by atoms with van der Waals surface area (Å²) < 4.78 is 1.77. The zero-order chi connectivity index (χ0) is 14.2. The van der Waals surface area contributed by atoms with Crippen molar-refractivity contribution in [3.8, 4) is 0 Å². The van der Waals surface area contributed by atoms with Crippen LogP contribution in [0.3, 0.4) is 0 Å². The lowest BCUT2D eigenvalue weighted by molar-refractivity contribution is 0.276. The van der Waals surface area contributed by atoms with Gasteiger partial charge < -0.3 is 10.4 Å². The molecule has 0 radical (unpaired) electrons. The molecule has 0 aliphatic heterocycles. The molecule has 0 saturated heterocycles. The fourth-order valence-corrected chi connectivity index (χ4v) is 2.08. The van der Waals surface area contributed by atoms with Gasteiger partial charge in [0, 0.05) is 31.9 Å². The molecule has 0 aliphatic carbocycles. The first-order valence-corrected chi connectivity index (χ1v) is 7.05. The van der Waals surface area contributed by atoms with Gasteiger partial charge in [-0.1, -0.05) is 35.5 Å². The van der Waals surface area contributed by atoms with Crippen LogP contribution in [0.1, 0.15) is 24.6 Å². The highest BCUT2D eigenvalue weighted by Gasteiger charge is 2.05. The monoisotopic (exact) mass is 274 g/mol. The number of rotatable bonds is 8. The van der Waals surface area contributed by atoms with Crippen LogP contribution in [0.15, 0.2) is 36.5 Å². The summed E-state index contributed by atoms with van der Waals surface area (Å²) in [6, 6.07) is 10.8. The van der Waals surface area contributed by atoms with Gasteiger partial charge in [-0.05, 0) is 25.3 Å². The summed E-state index contributed by atoms with van der Waals surface area (Å²) in [5.74, 6) is 0. The number of hydrogen-bond donors (Lipinski definition) is 2. The topological polar surface area (TPSA) is 63.0 Å². The summed E-state index contributed by atoms with van der Waals surface area (Å²) in [5.41, 5.74) is 2.27. The van der Waals surface area contributed by atoms with Crippen molar-refractivity contribution in [3.63, 3.8) is 0 Å². The minimum absolute atomic E-state index is 0.182. The summed E-state index contributed by atoms with van der Waals surface area (Å²) in [6.07, 6.45) is 3.64. The summed E-state index contributed by atoms with van der Waals surface area (Å²) in [7, 11) is 0. The van der Waals surface area contributed by atoms with E-state index >= 15 is 0 Å². The van der Waals surface area contributed by atoms with E-state index in [1.54, 1.807) is 4.68 Å². The predicted molar refractivity (Wildman–Crippen MR) is 78.2 cm³/mol. The van der Waals surface area contributed by atoms with Crippen molar-refractivity contribution in [2.45, 2.75) is 38.9 Å². The van der Waals surface area contributed by atoms with E-state index < -0.39 is 0 Å². The number of aromatic nitrogens is 3. The Labute approximate surface area is 119 Å². The molecule has 1 aromatic heterocycles. The smallest absolute Gasteiger partial charge is 0.0964 e. The van der Waals surface area contributed by atoms with Gasteiger partial charge >= 0.3 is 0 Å². The fourth-order valence-electron chi connectivity index (χ4n) is 2.08. The van der Waals surface area contributed by atoms with Gasteiger partial charge in [0.05, 0.1) is 5.69 Å². The lowest BCUT2D eigenvalue weighted by atomic mass is 10.1. The number of aryl methyl sites for hydroxylation is 1. The Morgan fingerprint density at radius 1 is 1.30 bits per heavy atom. The molecule has 0 aliphatic rings. The Morgan fingerprint density at radius 2 is 2.10 bits per heavy atom. The third-order valence-corrected chi connectivity index (χ3v) is 3.15. The molecule has 0 spiro atoms. The summed E-state index contributed by atoms with van der Waals surface area (Å²) in [4.78, 5) is 0. The van der Waals surface area contributed by atoms with Gasteiger partial charge in [-0.3, -0.25) is 4.68 Å². The standard InChI is InChI=1S/C15H22N4O/c1-13(10-14-6-3-2-4-7-14)16-11-15-12-19(18-17-15)8-5-9-20/h2-4,6-7,12-13,16,20H,5,8-11H2,1H3. The van der Waals surface area contributed by atoms with E-state index in [4.69, 9.17) is 5.11 Å². The third-order valence-electron chi connectivity index (χ3n) is 3.15. The van der Waals surface area contributed by atoms with Gasteiger partial charge in [-0.25, -0.2) is 0 Å². The van der Waals surface area contributed by atoms with E-state index in [2.05, 4.69) is 46.8 Å². The number of hydrogen-bond acceptors (Lipinski definition) is 4. The van der Waals surface area contributed by atoms with Crippen LogP contribution in [0.25, 0.3) is 0 Å². The summed E-state index contributed by atoms with van der Waals surface area (Å²) >= 11 is 0. The minimum atomic E-state index is 0.182. The Bertz CT molecular complexity index is 498. The van der Waals surface area contributed by atoms with Crippen LogP contribution in [0, 0.1) is 0 Å². The SMILES string of the molecule is CC(Cc1ccccc1)NCc1cn(CCCO)nn1. The number of nitrogens with zero attached hydrogens (tertiary/aromatic N) is 3. The van der Waals surface area contributed by atoms with E-state index in [0.29, 0.717) is 25.6 Å². The molecule has 5 nitrogen and oxygen atoms in total. The normalized spacial score (nSPS) is 12.5. The van der Waals surface area contributed by atoms with Gasteiger partial charge in [0.1, 0.15) is 0 Å². The Hall–Kier alpha value is -1.72. The molecule has 0 fully saturated rings. The average Bonchev–Trinajstić information content (AvgIpc) is 2.92. The fraction of sp³-hybridized carbons (Fsp3) is 0.467. The van der Waals surface area contributed by atoms with Crippen LogP contribution in [0.4, 0.5) is 0 Å². The quantitative estimate of drug-likeness (QED) is 0.763. The van der Waals surface area contributed by atoms with E-state index in [1.165, 1.54) is 5.56 Å². The summed E-state index contributed by atoms with van der Waals surface area (Å²) in [5, 5.41) is 20.4. The Kier molecular flexibility index (Phi) is 5.70. The number of aliphatic hydroxyl groups is 1. The van der Waals surface area contributed by atoms with Crippen LogP contribution < -0.4 is 5.32 Å². The molecule has 1 aromatic carbocycles. The highest BCUT2D eigenvalue weighted by Crippen LogP contribution is 2.03.